The van der Waals surface area contributed by atoms with Crippen LogP contribution in [-0.2, 0) is 21.6 Å². The Morgan fingerprint density at radius 3 is 2.22 bits per heavy atom. The predicted molar refractivity (Wildman–Crippen MR) is 86.3 cm³/mol. The van der Waals surface area contributed by atoms with Gasteiger partial charge in [-0.25, -0.2) is 14.1 Å². The molecule has 0 spiro atoms. The van der Waals surface area contributed by atoms with Crippen molar-refractivity contribution >= 4 is 5.97 Å². The van der Waals surface area contributed by atoms with Gasteiger partial charge in [0.1, 0.15) is 5.54 Å². The molecule has 23 heavy (non-hydrogen) atoms. The van der Waals surface area contributed by atoms with Crippen molar-refractivity contribution in [3.05, 3.63) is 71.8 Å². The molecule has 3 atom stereocenters. The van der Waals surface area contributed by atoms with E-state index in [-0.39, 0.29) is 6.61 Å². The van der Waals surface area contributed by atoms with E-state index in [1.165, 1.54) is 0 Å². The van der Waals surface area contributed by atoms with Gasteiger partial charge in [0.25, 0.3) is 5.79 Å². The van der Waals surface area contributed by atoms with Gasteiger partial charge in [0.2, 0.25) is 0 Å². The summed E-state index contributed by atoms with van der Waals surface area (Å²) in [5.41, 5.74) is 0.709. The average molecular weight is 313 g/mol. The van der Waals surface area contributed by atoms with Crippen LogP contribution in [0.2, 0.25) is 0 Å². The Balaban J connectivity index is 1.96. The molecule has 0 N–H and O–H groups in total. The first-order valence-corrected chi connectivity index (χ1v) is 7.78. The van der Waals surface area contributed by atoms with Gasteiger partial charge in [0.15, 0.2) is 0 Å². The van der Waals surface area contributed by atoms with Gasteiger partial charge in [-0.2, -0.15) is 0 Å². The van der Waals surface area contributed by atoms with Crippen molar-refractivity contribution in [3.8, 4) is 0 Å². The zero-order valence-electron chi connectivity index (χ0n) is 13.3. The Labute approximate surface area is 135 Å². The van der Waals surface area contributed by atoms with Gasteiger partial charge in [-0.15, -0.1) is 0 Å². The van der Waals surface area contributed by atoms with E-state index >= 15 is 4.39 Å². The van der Waals surface area contributed by atoms with Gasteiger partial charge in [-0.05, 0) is 25.0 Å². The SMILES string of the molecule is CCOC(=O)C1(F)N(Cc2ccccc2)C1(C)c1ccccc1. The molecule has 1 aliphatic heterocycles. The summed E-state index contributed by atoms with van der Waals surface area (Å²) in [5, 5.41) is 0. The van der Waals surface area contributed by atoms with Crippen molar-refractivity contribution in [2.24, 2.45) is 0 Å². The largest absolute Gasteiger partial charge is 0.463 e. The topological polar surface area (TPSA) is 29.3 Å². The van der Waals surface area contributed by atoms with E-state index in [1.54, 1.807) is 18.7 Å². The zero-order chi connectivity index (χ0) is 16.5. The van der Waals surface area contributed by atoms with Crippen LogP contribution in [0.15, 0.2) is 60.7 Å². The fourth-order valence-corrected chi connectivity index (χ4v) is 3.18. The minimum Gasteiger partial charge on any atom is -0.463 e. The molecule has 0 amide bonds. The lowest BCUT2D eigenvalue weighted by Crippen LogP contribution is -2.30. The lowest BCUT2D eigenvalue weighted by molar-refractivity contribution is -0.154. The number of esters is 1. The Kier molecular flexibility index (Phi) is 3.94. The lowest BCUT2D eigenvalue weighted by Gasteiger charge is -2.12. The summed E-state index contributed by atoms with van der Waals surface area (Å²) < 4.78 is 20.6. The molecule has 4 heteroatoms. The zero-order valence-corrected chi connectivity index (χ0v) is 13.3. The molecule has 0 bridgehead atoms. The molecule has 2 aromatic carbocycles. The highest BCUT2D eigenvalue weighted by atomic mass is 19.2. The van der Waals surface area contributed by atoms with E-state index < -0.39 is 17.3 Å². The van der Waals surface area contributed by atoms with Crippen LogP contribution >= 0.6 is 0 Å². The molecule has 0 radical (unpaired) electrons. The number of halogens is 1. The summed E-state index contributed by atoms with van der Waals surface area (Å²) in [4.78, 5) is 13.8. The molecule has 2 aromatic rings. The quantitative estimate of drug-likeness (QED) is 0.479. The molecule has 0 aliphatic carbocycles. The summed E-state index contributed by atoms with van der Waals surface area (Å²) in [6, 6.07) is 18.8. The first-order valence-electron chi connectivity index (χ1n) is 7.78. The summed E-state index contributed by atoms with van der Waals surface area (Å²) >= 11 is 0. The van der Waals surface area contributed by atoms with Crippen LogP contribution in [0.3, 0.4) is 0 Å². The highest BCUT2D eigenvalue weighted by Gasteiger charge is 2.80. The standard InChI is InChI=1S/C19H20FNO2/c1-3-23-17(22)19(20)18(2,16-12-8-5-9-13-16)21(19)14-15-10-6-4-7-11-15/h4-13H,3,14H2,1-2H3. The van der Waals surface area contributed by atoms with Crippen LogP contribution in [0.25, 0.3) is 0 Å². The molecule has 3 nitrogen and oxygen atoms in total. The summed E-state index contributed by atoms with van der Waals surface area (Å²) in [5.74, 6) is -2.96. The van der Waals surface area contributed by atoms with Gasteiger partial charge >= 0.3 is 5.97 Å². The predicted octanol–water partition coefficient (Wildman–Crippen LogP) is 3.65. The van der Waals surface area contributed by atoms with Crippen LogP contribution in [0.4, 0.5) is 4.39 Å². The minimum atomic E-state index is -2.14. The summed E-state index contributed by atoms with van der Waals surface area (Å²) in [6.07, 6.45) is 0. The molecule has 0 aromatic heterocycles. The van der Waals surface area contributed by atoms with Crippen LogP contribution in [-0.4, -0.2) is 23.3 Å². The van der Waals surface area contributed by atoms with Crippen molar-refractivity contribution in [1.29, 1.82) is 0 Å². The minimum absolute atomic E-state index is 0.161. The number of carbonyl (C=O) groups excluding carboxylic acids is 1. The van der Waals surface area contributed by atoms with Crippen molar-refractivity contribution in [3.63, 3.8) is 0 Å². The maximum Gasteiger partial charge on any atom is 0.361 e. The number of nitrogens with zero attached hydrogens (tertiary/aromatic N) is 1. The third-order valence-corrected chi connectivity index (χ3v) is 4.57. The molecule has 1 saturated heterocycles. The van der Waals surface area contributed by atoms with Gasteiger partial charge in [-0.3, -0.25) is 0 Å². The molecule has 0 saturated carbocycles. The third kappa shape index (κ3) is 2.34. The van der Waals surface area contributed by atoms with Gasteiger partial charge in [0.05, 0.1) is 6.61 Å². The number of benzene rings is 2. The lowest BCUT2D eigenvalue weighted by atomic mass is 9.95. The highest BCUT2D eigenvalue weighted by molar-refractivity contribution is 5.86. The number of hydrogen-bond donors (Lipinski definition) is 0. The fraction of sp³-hybridized carbons (Fsp3) is 0.316. The second kappa shape index (κ2) is 5.78. The highest BCUT2D eigenvalue weighted by Crippen LogP contribution is 2.61. The number of alkyl halides is 1. The fourth-order valence-electron chi connectivity index (χ4n) is 3.18. The van der Waals surface area contributed by atoms with Crippen molar-refractivity contribution in [1.82, 2.24) is 4.90 Å². The van der Waals surface area contributed by atoms with Crippen molar-refractivity contribution in [2.45, 2.75) is 31.7 Å². The summed E-state index contributed by atoms with van der Waals surface area (Å²) in [6.45, 7) is 3.95. The first-order chi connectivity index (χ1) is 11.0. The Hall–Kier alpha value is -2.20. The molecule has 1 aliphatic rings. The molecule has 1 heterocycles. The molecule has 120 valence electrons. The van der Waals surface area contributed by atoms with Gasteiger partial charge in [-0.1, -0.05) is 60.7 Å². The van der Waals surface area contributed by atoms with Crippen LogP contribution in [0.1, 0.15) is 25.0 Å². The Morgan fingerprint density at radius 2 is 1.65 bits per heavy atom. The normalized spacial score (nSPS) is 29.1. The monoisotopic (exact) mass is 313 g/mol. The van der Waals surface area contributed by atoms with Crippen LogP contribution in [0.5, 0.6) is 0 Å². The van der Waals surface area contributed by atoms with Crippen LogP contribution < -0.4 is 0 Å². The van der Waals surface area contributed by atoms with Crippen molar-refractivity contribution < 1.29 is 13.9 Å². The van der Waals surface area contributed by atoms with E-state index in [0.717, 1.165) is 11.1 Å². The average Bonchev–Trinajstić information content (AvgIpc) is 3.07. The van der Waals surface area contributed by atoms with E-state index in [1.807, 2.05) is 60.7 Å². The second-order valence-electron chi connectivity index (χ2n) is 5.85. The van der Waals surface area contributed by atoms with E-state index in [2.05, 4.69) is 0 Å². The van der Waals surface area contributed by atoms with E-state index in [4.69, 9.17) is 4.74 Å². The number of hydrogen-bond acceptors (Lipinski definition) is 3. The Morgan fingerprint density at radius 1 is 1.09 bits per heavy atom. The first kappa shape index (κ1) is 15.7. The smallest absolute Gasteiger partial charge is 0.361 e. The van der Waals surface area contributed by atoms with Gasteiger partial charge in [0, 0.05) is 6.54 Å². The molecule has 1 fully saturated rings. The molecular weight excluding hydrogens is 293 g/mol. The van der Waals surface area contributed by atoms with Crippen molar-refractivity contribution in [2.75, 3.05) is 6.61 Å². The molecule has 3 rings (SSSR count). The second-order valence-corrected chi connectivity index (χ2v) is 5.85. The van der Waals surface area contributed by atoms with E-state index in [0.29, 0.717) is 6.54 Å². The Bertz CT molecular complexity index is 691. The maximum absolute atomic E-state index is 15.6. The van der Waals surface area contributed by atoms with E-state index in [9.17, 15) is 4.79 Å². The summed E-state index contributed by atoms with van der Waals surface area (Å²) in [7, 11) is 0. The molecular formula is C19H20FNO2. The third-order valence-electron chi connectivity index (χ3n) is 4.57. The molecule has 3 unspecified atom stereocenters. The van der Waals surface area contributed by atoms with Crippen LogP contribution in [0, 0.1) is 0 Å². The maximum atomic E-state index is 15.6. The number of carbonyl (C=O) groups is 1. The number of ether oxygens (including phenoxy) is 1. The number of rotatable bonds is 5. The van der Waals surface area contributed by atoms with Gasteiger partial charge < -0.3 is 4.74 Å².